The number of carbonyl (C=O) groups excluding carboxylic acids is 1. The van der Waals surface area contributed by atoms with Crippen molar-refractivity contribution in [2.24, 2.45) is 0 Å². The van der Waals surface area contributed by atoms with Gasteiger partial charge in [0.1, 0.15) is 17.1 Å². The zero-order valence-electron chi connectivity index (χ0n) is 15.4. The molecule has 0 bridgehead atoms. The third-order valence-corrected chi connectivity index (χ3v) is 6.15. The third-order valence-electron chi connectivity index (χ3n) is 4.08. The van der Waals surface area contributed by atoms with Gasteiger partial charge in [-0.3, -0.25) is 4.79 Å². The number of sulfonamides is 1. The van der Waals surface area contributed by atoms with E-state index in [-0.39, 0.29) is 28.3 Å². The molecule has 0 atom stereocenters. The Morgan fingerprint density at radius 3 is 2.22 bits per heavy atom. The number of nitrogens with one attached hydrogen (secondary N) is 1. The summed E-state index contributed by atoms with van der Waals surface area (Å²) in [5, 5.41) is 11.6. The molecular formula is C18H22N2O6S. The highest BCUT2D eigenvalue weighted by molar-refractivity contribution is 7.89. The minimum atomic E-state index is -3.58. The molecule has 1 aromatic carbocycles. The number of nitrogens with zero attached hydrogens (tertiary/aromatic N) is 1. The van der Waals surface area contributed by atoms with Crippen molar-refractivity contribution in [3.8, 4) is 0 Å². The summed E-state index contributed by atoms with van der Waals surface area (Å²) >= 11 is 0. The second-order valence-corrected chi connectivity index (χ2v) is 7.72. The van der Waals surface area contributed by atoms with E-state index in [4.69, 9.17) is 9.52 Å². The zero-order valence-corrected chi connectivity index (χ0v) is 16.2. The summed E-state index contributed by atoms with van der Waals surface area (Å²) in [6.45, 7) is 5.80. The Kier molecular flexibility index (Phi) is 6.40. The summed E-state index contributed by atoms with van der Waals surface area (Å²) in [7, 11) is -3.58. The quantitative estimate of drug-likeness (QED) is 0.709. The molecule has 0 spiro atoms. The molecular weight excluding hydrogens is 372 g/mol. The fourth-order valence-corrected chi connectivity index (χ4v) is 4.06. The smallest absolute Gasteiger partial charge is 0.339 e. The number of carboxylic acid groups (broad SMARTS) is 1. The lowest BCUT2D eigenvalue weighted by Crippen LogP contribution is -2.30. The van der Waals surface area contributed by atoms with E-state index in [2.05, 4.69) is 5.32 Å². The number of amides is 1. The van der Waals surface area contributed by atoms with E-state index in [1.807, 2.05) is 0 Å². The lowest BCUT2D eigenvalue weighted by molar-refractivity contribution is 0.0694. The summed E-state index contributed by atoms with van der Waals surface area (Å²) in [4.78, 5) is 23.3. The van der Waals surface area contributed by atoms with Gasteiger partial charge in [-0.1, -0.05) is 13.8 Å². The fraction of sp³-hybridized carbons (Fsp3) is 0.333. The zero-order chi connectivity index (χ0) is 20.2. The minimum Gasteiger partial charge on any atom is -0.478 e. The second kappa shape index (κ2) is 8.36. The average Bonchev–Trinajstić information content (AvgIpc) is 3.01. The van der Waals surface area contributed by atoms with E-state index in [1.165, 1.54) is 41.6 Å². The lowest BCUT2D eigenvalue weighted by atomic mass is 10.2. The highest BCUT2D eigenvalue weighted by Gasteiger charge is 2.21. The summed E-state index contributed by atoms with van der Waals surface area (Å²) in [6, 6.07) is 7.01. The fourth-order valence-electron chi connectivity index (χ4n) is 2.60. The number of furan rings is 1. The van der Waals surface area contributed by atoms with Crippen LogP contribution in [0.2, 0.25) is 0 Å². The van der Waals surface area contributed by atoms with E-state index in [1.54, 1.807) is 13.8 Å². The Morgan fingerprint density at radius 2 is 1.74 bits per heavy atom. The number of aryl methyl sites for hydroxylation is 1. The van der Waals surface area contributed by atoms with Crippen molar-refractivity contribution in [2.75, 3.05) is 13.1 Å². The van der Waals surface area contributed by atoms with Crippen molar-refractivity contribution in [3.63, 3.8) is 0 Å². The molecule has 0 fully saturated rings. The van der Waals surface area contributed by atoms with Crippen LogP contribution in [0.4, 0.5) is 0 Å². The Hall–Kier alpha value is -2.65. The standard InChI is InChI=1S/C18H22N2O6S/c1-4-20(5-2)27(24,25)15-8-6-13(7-9-15)17(21)19-11-14-10-16(18(22)23)12(3)26-14/h6-10H,4-5,11H2,1-3H3,(H,19,21)(H,22,23). The van der Waals surface area contributed by atoms with Gasteiger partial charge < -0.3 is 14.8 Å². The van der Waals surface area contributed by atoms with Crippen molar-refractivity contribution >= 4 is 21.9 Å². The van der Waals surface area contributed by atoms with Gasteiger partial charge in [-0.05, 0) is 37.3 Å². The van der Waals surface area contributed by atoms with Gasteiger partial charge in [-0.25, -0.2) is 13.2 Å². The van der Waals surface area contributed by atoms with Crippen molar-refractivity contribution in [1.82, 2.24) is 9.62 Å². The van der Waals surface area contributed by atoms with Crippen LogP contribution in [0.1, 0.15) is 46.1 Å². The van der Waals surface area contributed by atoms with Gasteiger partial charge in [0.2, 0.25) is 10.0 Å². The Balaban J connectivity index is 2.08. The van der Waals surface area contributed by atoms with E-state index in [9.17, 15) is 18.0 Å². The van der Waals surface area contributed by atoms with Crippen LogP contribution in [0.15, 0.2) is 39.6 Å². The Labute approximate surface area is 157 Å². The molecule has 8 nitrogen and oxygen atoms in total. The number of rotatable bonds is 8. The Morgan fingerprint density at radius 1 is 1.15 bits per heavy atom. The van der Waals surface area contributed by atoms with Gasteiger partial charge in [0.05, 0.1) is 11.4 Å². The SMILES string of the molecule is CCN(CC)S(=O)(=O)c1ccc(C(=O)NCc2cc(C(=O)O)c(C)o2)cc1. The van der Waals surface area contributed by atoms with Gasteiger partial charge in [-0.15, -0.1) is 0 Å². The summed E-state index contributed by atoms with van der Waals surface area (Å²) in [5.41, 5.74) is 0.334. The predicted molar refractivity (Wildman–Crippen MR) is 98.1 cm³/mol. The predicted octanol–water partition coefficient (Wildman–Crippen LogP) is 2.25. The van der Waals surface area contributed by atoms with Crippen LogP contribution in [0.5, 0.6) is 0 Å². The summed E-state index contributed by atoms with van der Waals surface area (Å²) < 4.78 is 31.5. The van der Waals surface area contributed by atoms with Gasteiger partial charge in [0.25, 0.3) is 5.91 Å². The molecule has 2 rings (SSSR count). The van der Waals surface area contributed by atoms with E-state index in [0.29, 0.717) is 18.8 Å². The topological polar surface area (TPSA) is 117 Å². The first-order valence-corrected chi connectivity index (χ1v) is 9.85. The van der Waals surface area contributed by atoms with E-state index in [0.717, 1.165) is 0 Å². The molecule has 1 heterocycles. The maximum atomic E-state index is 12.4. The maximum absolute atomic E-state index is 12.4. The number of hydrogen-bond donors (Lipinski definition) is 2. The second-order valence-electron chi connectivity index (χ2n) is 5.78. The largest absolute Gasteiger partial charge is 0.478 e. The molecule has 0 aliphatic carbocycles. The van der Waals surface area contributed by atoms with E-state index < -0.39 is 21.9 Å². The molecule has 0 radical (unpaired) electrons. The minimum absolute atomic E-state index is 0.0203. The number of carbonyl (C=O) groups is 2. The molecule has 1 amide bonds. The van der Waals surface area contributed by atoms with Gasteiger partial charge >= 0.3 is 5.97 Å². The number of aromatic carboxylic acids is 1. The Bertz CT molecular complexity index is 927. The monoisotopic (exact) mass is 394 g/mol. The first-order chi connectivity index (χ1) is 12.7. The molecule has 146 valence electrons. The van der Waals surface area contributed by atoms with Crippen molar-refractivity contribution in [2.45, 2.75) is 32.2 Å². The molecule has 2 N–H and O–H groups in total. The highest BCUT2D eigenvalue weighted by Crippen LogP contribution is 2.17. The first-order valence-electron chi connectivity index (χ1n) is 8.41. The lowest BCUT2D eigenvalue weighted by Gasteiger charge is -2.18. The maximum Gasteiger partial charge on any atom is 0.339 e. The molecule has 9 heteroatoms. The van der Waals surface area contributed by atoms with Crippen LogP contribution in [0.3, 0.4) is 0 Å². The molecule has 0 aliphatic heterocycles. The van der Waals surface area contributed by atoms with Crippen LogP contribution in [0, 0.1) is 6.92 Å². The molecule has 0 aliphatic rings. The third kappa shape index (κ3) is 4.55. The van der Waals surface area contributed by atoms with Gasteiger partial charge in [0.15, 0.2) is 0 Å². The molecule has 1 aromatic heterocycles. The highest BCUT2D eigenvalue weighted by atomic mass is 32.2. The molecule has 2 aromatic rings. The van der Waals surface area contributed by atoms with Crippen LogP contribution in [0.25, 0.3) is 0 Å². The molecule has 0 saturated carbocycles. The molecule has 0 unspecified atom stereocenters. The molecule has 27 heavy (non-hydrogen) atoms. The first kappa shape index (κ1) is 20.7. The van der Waals surface area contributed by atoms with Crippen LogP contribution < -0.4 is 5.32 Å². The van der Waals surface area contributed by atoms with Crippen molar-refractivity contribution in [3.05, 3.63) is 53.0 Å². The number of hydrogen-bond acceptors (Lipinski definition) is 5. The number of carboxylic acids is 1. The van der Waals surface area contributed by atoms with Crippen LogP contribution in [-0.4, -0.2) is 42.8 Å². The summed E-state index contributed by atoms with van der Waals surface area (Å²) in [6.07, 6.45) is 0. The summed E-state index contributed by atoms with van der Waals surface area (Å²) in [5.74, 6) is -0.941. The van der Waals surface area contributed by atoms with Gasteiger partial charge in [0, 0.05) is 18.7 Å². The number of benzene rings is 1. The average molecular weight is 394 g/mol. The molecule has 0 saturated heterocycles. The van der Waals surface area contributed by atoms with Crippen LogP contribution >= 0.6 is 0 Å². The van der Waals surface area contributed by atoms with Crippen LogP contribution in [-0.2, 0) is 16.6 Å². The van der Waals surface area contributed by atoms with Gasteiger partial charge in [-0.2, -0.15) is 4.31 Å². The van der Waals surface area contributed by atoms with Crippen molar-refractivity contribution < 1.29 is 27.5 Å². The van der Waals surface area contributed by atoms with E-state index >= 15 is 0 Å². The normalized spacial score (nSPS) is 11.6. The van der Waals surface area contributed by atoms with Crippen molar-refractivity contribution in [1.29, 1.82) is 0 Å².